The van der Waals surface area contributed by atoms with Gasteiger partial charge in [-0.1, -0.05) is 46.0 Å². The summed E-state index contributed by atoms with van der Waals surface area (Å²) in [6, 6.07) is 4.34. The number of pyridine rings is 1. The molecule has 1 aliphatic carbocycles. The molecule has 1 saturated carbocycles. The Morgan fingerprint density at radius 2 is 1.85 bits per heavy atom. The van der Waals surface area contributed by atoms with Crippen LogP contribution in [0.1, 0.15) is 69.2 Å². The van der Waals surface area contributed by atoms with Crippen LogP contribution in [0.15, 0.2) is 52.4 Å². The number of ketones is 1. The summed E-state index contributed by atoms with van der Waals surface area (Å²) in [4.78, 5) is 44.5. The molecular weight excluding hydrogens is 524 g/mol. The largest absolute Gasteiger partial charge is 0.472 e. The lowest BCUT2D eigenvalue weighted by Crippen LogP contribution is -2.54. The van der Waals surface area contributed by atoms with Crippen LogP contribution in [0.2, 0.25) is 0 Å². The van der Waals surface area contributed by atoms with E-state index in [0.717, 1.165) is 41.1 Å². The molecule has 0 aliphatic heterocycles. The van der Waals surface area contributed by atoms with Gasteiger partial charge in [-0.3, -0.25) is 19.2 Å². The molecular formula is C27H39N4O7S+. The first kappa shape index (κ1) is 30.3. The van der Waals surface area contributed by atoms with E-state index in [9.17, 15) is 22.8 Å². The molecule has 1 aliphatic rings. The maximum atomic E-state index is 13.4. The highest BCUT2D eigenvalue weighted by molar-refractivity contribution is 7.89. The quantitative estimate of drug-likeness (QED) is 0.335. The van der Waals surface area contributed by atoms with Crippen LogP contribution in [0.25, 0.3) is 0 Å². The minimum absolute atomic E-state index is 0.0438. The van der Waals surface area contributed by atoms with Gasteiger partial charge in [0.05, 0.1) is 24.4 Å². The number of hydrogen-bond donors (Lipinski definition) is 2. The molecule has 2 amide bonds. The van der Waals surface area contributed by atoms with Gasteiger partial charge in [0.25, 0.3) is 5.91 Å². The Balaban J connectivity index is 1.73. The van der Waals surface area contributed by atoms with Crippen LogP contribution in [0, 0.1) is 5.92 Å². The average molecular weight is 564 g/mol. The van der Waals surface area contributed by atoms with Gasteiger partial charge < -0.3 is 15.1 Å². The first-order valence-electron chi connectivity index (χ1n) is 13.4. The molecule has 1 fully saturated rings. The number of rotatable bonds is 14. The molecule has 2 atom stereocenters. The summed E-state index contributed by atoms with van der Waals surface area (Å²) in [7, 11) is -2.72. The molecule has 3 rings (SSSR count). The SMILES string of the molecule is CCC(NC(=O)[C@H](CC1CCCCC1)NC(=O)c1ccoc1)C(=O)CN(CC)S(=O)(=O)c1cccc[n+]1OC. The molecule has 2 N–H and O–H groups in total. The fraction of sp³-hybridized carbons (Fsp3) is 0.556. The van der Waals surface area contributed by atoms with Crippen molar-refractivity contribution in [1.29, 1.82) is 0 Å². The molecule has 0 saturated heterocycles. The summed E-state index contributed by atoms with van der Waals surface area (Å²) < 4.78 is 33.8. The zero-order valence-electron chi connectivity index (χ0n) is 22.8. The predicted molar refractivity (Wildman–Crippen MR) is 142 cm³/mol. The Kier molecular flexibility index (Phi) is 11.0. The van der Waals surface area contributed by atoms with Crippen LogP contribution in [0.4, 0.5) is 0 Å². The van der Waals surface area contributed by atoms with Gasteiger partial charge in [0.15, 0.2) is 5.78 Å². The van der Waals surface area contributed by atoms with E-state index in [1.807, 2.05) is 0 Å². The molecule has 2 heterocycles. The molecule has 214 valence electrons. The zero-order chi connectivity index (χ0) is 28.4. The monoisotopic (exact) mass is 563 g/mol. The fourth-order valence-electron chi connectivity index (χ4n) is 4.85. The smallest absolute Gasteiger partial charge is 0.362 e. The number of carbonyl (C=O) groups is 3. The van der Waals surface area contributed by atoms with Gasteiger partial charge in [0, 0.05) is 23.4 Å². The van der Waals surface area contributed by atoms with E-state index < -0.39 is 46.2 Å². The normalized spacial score (nSPS) is 15.9. The van der Waals surface area contributed by atoms with Gasteiger partial charge in [0.2, 0.25) is 12.1 Å². The first-order valence-corrected chi connectivity index (χ1v) is 14.9. The van der Waals surface area contributed by atoms with E-state index in [0.29, 0.717) is 12.0 Å². The van der Waals surface area contributed by atoms with Gasteiger partial charge in [-0.15, -0.1) is 0 Å². The van der Waals surface area contributed by atoms with E-state index in [4.69, 9.17) is 9.25 Å². The molecule has 2 aromatic rings. The predicted octanol–water partition coefficient (Wildman–Crippen LogP) is 1.87. The van der Waals surface area contributed by atoms with Crippen LogP contribution >= 0.6 is 0 Å². The third-order valence-electron chi connectivity index (χ3n) is 7.09. The second-order valence-electron chi connectivity index (χ2n) is 9.69. The third kappa shape index (κ3) is 7.89. The second kappa shape index (κ2) is 14.2. The number of carbonyl (C=O) groups excluding carboxylic acids is 3. The lowest BCUT2D eigenvalue weighted by Gasteiger charge is -2.28. The van der Waals surface area contributed by atoms with Crippen molar-refractivity contribution in [3.63, 3.8) is 0 Å². The van der Waals surface area contributed by atoms with Crippen LogP contribution < -0.4 is 20.2 Å². The molecule has 2 aromatic heterocycles. The highest BCUT2D eigenvalue weighted by Crippen LogP contribution is 2.27. The number of furan rings is 1. The standard InChI is InChI=1S/C27H38N4O7S/c1-4-22(24(32)18-30(5-2)39(35,36)25-13-9-10-15-31(25)37-3)28-27(34)23(17-20-11-7-6-8-12-20)29-26(33)21-14-16-38-19-21/h9-10,13-16,19-20,22-23H,4-8,11-12,17-18H2,1-3H3,(H-,28,29,33,34)/p+1/t22?,23-/m0/s1. The number of amides is 2. The minimum atomic E-state index is -4.06. The molecule has 0 spiro atoms. The molecule has 11 nitrogen and oxygen atoms in total. The highest BCUT2D eigenvalue weighted by Gasteiger charge is 2.36. The Morgan fingerprint density at radius 1 is 1.10 bits per heavy atom. The Morgan fingerprint density at radius 3 is 2.46 bits per heavy atom. The summed E-state index contributed by atoms with van der Waals surface area (Å²) in [6.07, 6.45) is 10.1. The van der Waals surface area contributed by atoms with E-state index in [2.05, 4.69) is 10.6 Å². The first-order chi connectivity index (χ1) is 18.7. The zero-order valence-corrected chi connectivity index (χ0v) is 23.6. The molecule has 0 bridgehead atoms. The molecule has 39 heavy (non-hydrogen) atoms. The van der Waals surface area contributed by atoms with E-state index in [-0.39, 0.29) is 23.9 Å². The summed E-state index contributed by atoms with van der Waals surface area (Å²) in [6.45, 7) is 2.99. The lowest BCUT2D eigenvalue weighted by atomic mass is 9.84. The second-order valence-corrected chi connectivity index (χ2v) is 11.6. The summed E-state index contributed by atoms with van der Waals surface area (Å²) in [5.74, 6) is -1.07. The summed E-state index contributed by atoms with van der Waals surface area (Å²) in [5.41, 5.74) is 0.303. The number of aromatic nitrogens is 1. The third-order valence-corrected chi connectivity index (χ3v) is 9.00. The Hall–Kier alpha value is -3.25. The van der Waals surface area contributed by atoms with Crippen molar-refractivity contribution in [3.05, 3.63) is 48.6 Å². The van der Waals surface area contributed by atoms with E-state index in [1.54, 1.807) is 26.0 Å². The molecule has 12 heteroatoms. The lowest BCUT2D eigenvalue weighted by molar-refractivity contribution is -0.914. The number of nitrogens with one attached hydrogen (secondary N) is 2. The van der Waals surface area contributed by atoms with Crippen LogP contribution in [-0.2, 0) is 19.6 Å². The van der Waals surface area contributed by atoms with Crippen molar-refractivity contribution in [2.24, 2.45) is 5.92 Å². The van der Waals surface area contributed by atoms with Gasteiger partial charge in [-0.25, -0.2) is 8.42 Å². The van der Waals surface area contributed by atoms with Crippen LogP contribution in [0.3, 0.4) is 0 Å². The average Bonchev–Trinajstić information content (AvgIpc) is 3.49. The molecule has 0 radical (unpaired) electrons. The summed E-state index contributed by atoms with van der Waals surface area (Å²) in [5, 5.41) is 5.46. The van der Waals surface area contributed by atoms with Crippen LogP contribution in [-0.4, -0.2) is 62.6 Å². The van der Waals surface area contributed by atoms with E-state index >= 15 is 0 Å². The number of hydrogen-bond acceptors (Lipinski definition) is 7. The number of nitrogens with zero attached hydrogens (tertiary/aromatic N) is 2. The number of sulfonamides is 1. The highest BCUT2D eigenvalue weighted by atomic mass is 32.2. The minimum Gasteiger partial charge on any atom is -0.472 e. The molecule has 0 aromatic carbocycles. The van der Waals surface area contributed by atoms with Crippen molar-refractivity contribution < 1.29 is 36.8 Å². The van der Waals surface area contributed by atoms with Gasteiger partial charge in [-0.2, -0.15) is 4.31 Å². The van der Waals surface area contributed by atoms with Crippen LogP contribution in [0.5, 0.6) is 0 Å². The number of likely N-dealkylation sites (N-methyl/N-ethyl adjacent to an activating group) is 1. The van der Waals surface area contributed by atoms with Gasteiger partial charge >= 0.3 is 15.0 Å². The molecule has 1 unspecified atom stereocenters. The summed E-state index contributed by atoms with van der Waals surface area (Å²) >= 11 is 0. The van der Waals surface area contributed by atoms with Gasteiger partial charge in [0.1, 0.15) is 19.4 Å². The van der Waals surface area contributed by atoms with Crippen molar-refractivity contribution in [1.82, 2.24) is 14.9 Å². The van der Waals surface area contributed by atoms with E-state index in [1.165, 1.54) is 38.0 Å². The topological polar surface area (TPSA) is 139 Å². The fourth-order valence-corrected chi connectivity index (χ4v) is 6.37. The maximum absolute atomic E-state index is 13.4. The Labute approximate surface area is 229 Å². The van der Waals surface area contributed by atoms with Crippen molar-refractivity contribution >= 4 is 27.6 Å². The van der Waals surface area contributed by atoms with Crippen molar-refractivity contribution in [2.45, 2.75) is 75.9 Å². The van der Waals surface area contributed by atoms with Crippen molar-refractivity contribution in [3.8, 4) is 0 Å². The van der Waals surface area contributed by atoms with Crippen molar-refractivity contribution in [2.75, 3.05) is 20.2 Å². The Bertz CT molecular complexity index is 1210. The van der Waals surface area contributed by atoms with Gasteiger partial charge in [-0.05, 0) is 30.9 Å². The maximum Gasteiger partial charge on any atom is 0.362 e. The number of Topliss-reactive ketones (excluding diaryl/α,β-unsaturated/α-hetero) is 1.